The minimum absolute atomic E-state index is 0.0856. The van der Waals surface area contributed by atoms with Crippen molar-refractivity contribution in [2.75, 3.05) is 26.3 Å². The molecule has 1 unspecified atom stereocenters. The molecule has 1 heterocycles. The second kappa shape index (κ2) is 9.03. The van der Waals surface area contributed by atoms with Crippen LogP contribution in [0, 0.1) is 5.92 Å². The van der Waals surface area contributed by atoms with Gasteiger partial charge in [0.2, 0.25) is 0 Å². The van der Waals surface area contributed by atoms with Crippen molar-refractivity contribution < 1.29 is 24.2 Å². The van der Waals surface area contributed by atoms with Gasteiger partial charge < -0.3 is 19.5 Å². The molecule has 1 aliphatic carbocycles. The van der Waals surface area contributed by atoms with E-state index >= 15 is 0 Å². The van der Waals surface area contributed by atoms with Crippen LogP contribution in [0.5, 0.6) is 5.75 Å². The number of carboxylic acids is 1. The van der Waals surface area contributed by atoms with Crippen molar-refractivity contribution in [3.05, 3.63) is 29.8 Å². The van der Waals surface area contributed by atoms with E-state index in [4.69, 9.17) is 14.6 Å². The number of ether oxygens (including phenoxy) is 2. The van der Waals surface area contributed by atoms with E-state index in [0.29, 0.717) is 31.2 Å². The van der Waals surface area contributed by atoms with E-state index in [1.54, 1.807) is 17.0 Å². The van der Waals surface area contributed by atoms with Crippen LogP contribution in [-0.4, -0.2) is 54.3 Å². The Balaban J connectivity index is 1.52. The number of benzene rings is 1. The molecular formula is C20H27NO5. The van der Waals surface area contributed by atoms with Gasteiger partial charge in [0.1, 0.15) is 5.75 Å². The van der Waals surface area contributed by atoms with Gasteiger partial charge in [-0.15, -0.1) is 0 Å². The highest BCUT2D eigenvalue weighted by molar-refractivity contribution is 5.94. The molecule has 142 valence electrons. The van der Waals surface area contributed by atoms with Gasteiger partial charge in [-0.3, -0.25) is 9.59 Å². The first-order chi connectivity index (χ1) is 12.6. The molecule has 1 aliphatic heterocycles. The first-order valence-corrected chi connectivity index (χ1v) is 9.47. The molecule has 0 bridgehead atoms. The van der Waals surface area contributed by atoms with Crippen LogP contribution in [0.1, 0.15) is 48.9 Å². The van der Waals surface area contributed by atoms with Crippen molar-refractivity contribution in [2.24, 2.45) is 5.92 Å². The van der Waals surface area contributed by atoms with Crippen LogP contribution < -0.4 is 4.74 Å². The predicted octanol–water partition coefficient (Wildman–Crippen LogP) is 2.96. The molecule has 1 saturated carbocycles. The van der Waals surface area contributed by atoms with Gasteiger partial charge in [0, 0.05) is 18.7 Å². The summed E-state index contributed by atoms with van der Waals surface area (Å²) in [6.45, 7) is 1.90. The average molecular weight is 361 g/mol. The molecule has 1 amide bonds. The summed E-state index contributed by atoms with van der Waals surface area (Å²) in [6.07, 6.45) is 5.88. The third-order valence-corrected chi connectivity index (χ3v) is 5.14. The summed E-state index contributed by atoms with van der Waals surface area (Å²) >= 11 is 0. The Hall–Kier alpha value is -2.08. The van der Waals surface area contributed by atoms with Crippen molar-refractivity contribution in [3.63, 3.8) is 0 Å². The molecule has 26 heavy (non-hydrogen) atoms. The fraction of sp³-hybridized carbons (Fsp3) is 0.600. The lowest BCUT2D eigenvalue weighted by Gasteiger charge is -2.32. The predicted molar refractivity (Wildman–Crippen MR) is 96.4 cm³/mol. The Morgan fingerprint density at radius 1 is 1.15 bits per heavy atom. The van der Waals surface area contributed by atoms with Crippen LogP contribution in [-0.2, 0) is 9.53 Å². The largest absolute Gasteiger partial charge is 0.493 e. The van der Waals surface area contributed by atoms with Gasteiger partial charge in [-0.05, 0) is 43.0 Å². The van der Waals surface area contributed by atoms with E-state index in [2.05, 4.69) is 0 Å². The monoisotopic (exact) mass is 361 g/mol. The Kier molecular flexibility index (Phi) is 6.50. The highest BCUT2D eigenvalue weighted by atomic mass is 16.5. The molecule has 6 heteroatoms. The maximum absolute atomic E-state index is 12.6. The van der Waals surface area contributed by atoms with E-state index in [-0.39, 0.29) is 12.3 Å². The van der Waals surface area contributed by atoms with E-state index in [0.717, 1.165) is 12.4 Å². The third kappa shape index (κ3) is 5.21. The number of aliphatic carboxylic acids is 1. The van der Waals surface area contributed by atoms with Crippen molar-refractivity contribution in [3.8, 4) is 5.75 Å². The van der Waals surface area contributed by atoms with E-state index in [1.165, 1.54) is 32.1 Å². The maximum atomic E-state index is 12.6. The van der Waals surface area contributed by atoms with Crippen LogP contribution >= 0.6 is 0 Å². The zero-order valence-corrected chi connectivity index (χ0v) is 15.1. The molecule has 0 spiro atoms. The van der Waals surface area contributed by atoms with Crippen molar-refractivity contribution in [2.45, 2.75) is 44.6 Å². The quantitative estimate of drug-likeness (QED) is 0.843. The molecule has 1 aromatic rings. The maximum Gasteiger partial charge on any atom is 0.306 e. The van der Waals surface area contributed by atoms with Gasteiger partial charge in [-0.25, -0.2) is 0 Å². The first-order valence-electron chi connectivity index (χ1n) is 9.47. The molecule has 1 aromatic carbocycles. The Labute approximate surface area is 154 Å². The summed E-state index contributed by atoms with van der Waals surface area (Å²) in [7, 11) is 0. The zero-order valence-electron chi connectivity index (χ0n) is 15.1. The molecule has 2 aliphatic rings. The smallest absolute Gasteiger partial charge is 0.306 e. The lowest BCUT2D eigenvalue weighted by atomic mass is 9.90. The number of nitrogens with zero attached hydrogens (tertiary/aromatic N) is 1. The van der Waals surface area contributed by atoms with E-state index in [9.17, 15) is 9.59 Å². The Bertz CT molecular complexity index is 609. The molecule has 0 radical (unpaired) electrons. The van der Waals surface area contributed by atoms with Crippen LogP contribution in [0.4, 0.5) is 0 Å². The van der Waals surface area contributed by atoms with Gasteiger partial charge >= 0.3 is 5.97 Å². The fourth-order valence-electron chi connectivity index (χ4n) is 3.67. The number of carbonyl (C=O) groups excluding carboxylic acids is 1. The van der Waals surface area contributed by atoms with Gasteiger partial charge in [0.05, 0.1) is 25.7 Å². The standard InChI is InChI=1S/C20H27NO5/c22-19(23)12-18-13-21(10-11-25-18)20(24)16-6-8-17(9-7-16)26-14-15-4-2-1-3-5-15/h6-9,15,18H,1-5,10-14H2,(H,22,23). The number of carbonyl (C=O) groups is 2. The SMILES string of the molecule is O=C(O)CC1CN(C(=O)c2ccc(OCC3CCCCC3)cc2)CCO1. The van der Waals surface area contributed by atoms with E-state index < -0.39 is 12.1 Å². The van der Waals surface area contributed by atoms with Crippen molar-refractivity contribution >= 4 is 11.9 Å². The topological polar surface area (TPSA) is 76.1 Å². The normalized spacial score (nSPS) is 21.4. The van der Waals surface area contributed by atoms with Gasteiger partial charge in [-0.2, -0.15) is 0 Å². The average Bonchev–Trinajstić information content (AvgIpc) is 2.67. The van der Waals surface area contributed by atoms with Crippen LogP contribution in [0.3, 0.4) is 0 Å². The van der Waals surface area contributed by atoms with Gasteiger partial charge in [-0.1, -0.05) is 19.3 Å². The Morgan fingerprint density at radius 3 is 2.58 bits per heavy atom. The molecular weight excluding hydrogens is 334 g/mol. The van der Waals surface area contributed by atoms with Crippen molar-refractivity contribution in [1.82, 2.24) is 4.90 Å². The molecule has 2 fully saturated rings. The summed E-state index contributed by atoms with van der Waals surface area (Å²) < 4.78 is 11.3. The molecule has 1 saturated heterocycles. The highest BCUT2D eigenvalue weighted by Gasteiger charge is 2.26. The number of carboxylic acid groups (broad SMARTS) is 1. The van der Waals surface area contributed by atoms with Crippen LogP contribution in [0.15, 0.2) is 24.3 Å². The second-order valence-corrected chi connectivity index (χ2v) is 7.18. The molecule has 6 nitrogen and oxygen atoms in total. The summed E-state index contributed by atoms with van der Waals surface area (Å²) in [5.74, 6) is 0.425. The summed E-state index contributed by atoms with van der Waals surface area (Å²) in [6, 6.07) is 7.23. The van der Waals surface area contributed by atoms with Crippen LogP contribution in [0.25, 0.3) is 0 Å². The molecule has 3 rings (SSSR count). The van der Waals surface area contributed by atoms with Crippen molar-refractivity contribution in [1.29, 1.82) is 0 Å². The first kappa shape index (κ1) is 18.7. The third-order valence-electron chi connectivity index (χ3n) is 5.14. The minimum Gasteiger partial charge on any atom is -0.493 e. The number of amides is 1. The van der Waals surface area contributed by atoms with Crippen LogP contribution in [0.2, 0.25) is 0 Å². The lowest BCUT2D eigenvalue weighted by molar-refractivity contribution is -0.141. The molecule has 1 N–H and O–H groups in total. The minimum atomic E-state index is -0.913. The number of rotatable bonds is 6. The number of morpholine rings is 1. The molecule has 0 aromatic heterocycles. The van der Waals surface area contributed by atoms with E-state index in [1.807, 2.05) is 12.1 Å². The second-order valence-electron chi connectivity index (χ2n) is 7.18. The number of hydrogen-bond acceptors (Lipinski definition) is 4. The highest BCUT2D eigenvalue weighted by Crippen LogP contribution is 2.25. The zero-order chi connectivity index (χ0) is 18.4. The lowest BCUT2D eigenvalue weighted by Crippen LogP contribution is -2.46. The fourth-order valence-corrected chi connectivity index (χ4v) is 3.67. The number of hydrogen-bond donors (Lipinski definition) is 1. The van der Waals surface area contributed by atoms with Gasteiger partial charge in [0.15, 0.2) is 0 Å². The Morgan fingerprint density at radius 2 is 1.88 bits per heavy atom. The summed E-state index contributed by atoms with van der Waals surface area (Å²) in [5, 5.41) is 8.89. The summed E-state index contributed by atoms with van der Waals surface area (Å²) in [4.78, 5) is 25.1. The summed E-state index contributed by atoms with van der Waals surface area (Å²) in [5.41, 5.74) is 0.589. The molecule has 1 atom stereocenters. The van der Waals surface area contributed by atoms with Gasteiger partial charge in [0.25, 0.3) is 5.91 Å².